The van der Waals surface area contributed by atoms with Crippen molar-refractivity contribution in [1.29, 1.82) is 0 Å². The Hall–Kier alpha value is 0.660. The van der Waals surface area contributed by atoms with E-state index in [1.165, 1.54) is 139 Å². The fourth-order valence-electron chi connectivity index (χ4n) is 3.29. The normalized spacial score (nSPS) is 11.3. The molecule has 1 nitrogen and oxygen atoms in total. The Morgan fingerprint density at radius 1 is 0.407 bits per heavy atom. The summed E-state index contributed by atoms with van der Waals surface area (Å²) in [6.45, 7) is 6.98. The van der Waals surface area contributed by atoms with Crippen molar-refractivity contribution in [1.82, 2.24) is 5.32 Å². The molecule has 0 heterocycles. The van der Waals surface area contributed by atoms with Gasteiger partial charge in [0.1, 0.15) is 0 Å². The van der Waals surface area contributed by atoms with Crippen molar-refractivity contribution in [3.05, 3.63) is 0 Å². The molecule has 0 spiro atoms. The summed E-state index contributed by atoms with van der Waals surface area (Å²) >= 11 is 4.28. The maximum absolute atomic E-state index is 3.61. The SMILES string of the molecule is CCCCCCCCCCSCCNCCSCCCCCCCCCC. The maximum Gasteiger partial charge on any atom is 0.00581 e. The summed E-state index contributed by atoms with van der Waals surface area (Å²) in [4.78, 5) is 0. The standard InChI is InChI=1S/C24H51NS2/c1-3-5-7-9-11-13-15-17-21-26-23-19-25-20-24-27-22-18-16-14-12-10-8-6-4-2/h25H,3-24H2,1-2H3. The van der Waals surface area contributed by atoms with E-state index in [0.29, 0.717) is 0 Å². The second-order valence-electron chi connectivity index (χ2n) is 7.92. The van der Waals surface area contributed by atoms with Crippen LogP contribution in [0.15, 0.2) is 0 Å². The average molecular weight is 418 g/mol. The van der Waals surface area contributed by atoms with E-state index in [4.69, 9.17) is 0 Å². The van der Waals surface area contributed by atoms with Crippen LogP contribution < -0.4 is 5.32 Å². The lowest BCUT2D eigenvalue weighted by Crippen LogP contribution is -2.20. The first-order chi connectivity index (χ1) is 13.4. The first-order valence-corrected chi connectivity index (χ1v) is 14.6. The van der Waals surface area contributed by atoms with Crippen LogP contribution in [0.1, 0.15) is 117 Å². The van der Waals surface area contributed by atoms with Crippen LogP contribution in [0.3, 0.4) is 0 Å². The summed E-state index contributed by atoms with van der Waals surface area (Å²) in [5.41, 5.74) is 0. The smallest absolute Gasteiger partial charge is 0.00581 e. The fraction of sp³-hybridized carbons (Fsp3) is 1.00. The molecule has 0 amide bonds. The molecular formula is C24H51NS2. The zero-order valence-corrected chi connectivity index (χ0v) is 20.5. The van der Waals surface area contributed by atoms with E-state index >= 15 is 0 Å². The third-order valence-corrected chi connectivity index (χ3v) is 7.27. The topological polar surface area (TPSA) is 12.0 Å². The van der Waals surface area contributed by atoms with Gasteiger partial charge in [-0.3, -0.25) is 0 Å². The second kappa shape index (κ2) is 26.7. The minimum atomic E-state index is 1.19. The van der Waals surface area contributed by atoms with Gasteiger partial charge in [-0.1, -0.05) is 104 Å². The number of hydrogen-bond acceptors (Lipinski definition) is 3. The van der Waals surface area contributed by atoms with Crippen LogP contribution in [-0.4, -0.2) is 36.1 Å². The predicted octanol–water partition coefficient (Wildman–Crippen LogP) is 8.32. The third-order valence-electron chi connectivity index (χ3n) is 5.13. The van der Waals surface area contributed by atoms with E-state index in [2.05, 4.69) is 42.7 Å². The number of rotatable bonds is 24. The Labute approximate surface area is 181 Å². The Kier molecular flexibility index (Phi) is 27.3. The number of hydrogen-bond donors (Lipinski definition) is 1. The molecule has 0 aliphatic rings. The van der Waals surface area contributed by atoms with Crippen molar-refractivity contribution < 1.29 is 0 Å². The van der Waals surface area contributed by atoms with Gasteiger partial charge in [0, 0.05) is 24.6 Å². The molecule has 0 aliphatic heterocycles. The van der Waals surface area contributed by atoms with E-state index in [-0.39, 0.29) is 0 Å². The number of unbranched alkanes of at least 4 members (excludes halogenated alkanes) is 14. The van der Waals surface area contributed by atoms with Gasteiger partial charge in [0.25, 0.3) is 0 Å². The van der Waals surface area contributed by atoms with E-state index in [1.807, 2.05) is 0 Å². The van der Waals surface area contributed by atoms with E-state index in [9.17, 15) is 0 Å². The second-order valence-corrected chi connectivity index (χ2v) is 10.4. The van der Waals surface area contributed by atoms with Crippen LogP contribution in [0.5, 0.6) is 0 Å². The van der Waals surface area contributed by atoms with Gasteiger partial charge in [-0.25, -0.2) is 0 Å². The molecule has 3 heteroatoms. The summed E-state index contributed by atoms with van der Waals surface area (Å²) in [7, 11) is 0. The quantitative estimate of drug-likeness (QED) is 0.158. The lowest BCUT2D eigenvalue weighted by atomic mass is 10.1. The Morgan fingerprint density at radius 3 is 1.11 bits per heavy atom. The number of thioether (sulfide) groups is 2. The lowest BCUT2D eigenvalue weighted by Gasteiger charge is -2.06. The van der Waals surface area contributed by atoms with E-state index < -0.39 is 0 Å². The van der Waals surface area contributed by atoms with Crippen molar-refractivity contribution in [2.24, 2.45) is 0 Å². The molecule has 0 saturated heterocycles. The van der Waals surface area contributed by atoms with Crippen molar-refractivity contribution >= 4 is 23.5 Å². The van der Waals surface area contributed by atoms with Gasteiger partial charge >= 0.3 is 0 Å². The third kappa shape index (κ3) is 26.7. The molecule has 0 aromatic heterocycles. The van der Waals surface area contributed by atoms with Gasteiger partial charge < -0.3 is 5.32 Å². The van der Waals surface area contributed by atoms with Crippen LogP contribution in [0.4, 0.5) is 0 Å². The highest BCUT2D eigenvalue weighted by Gasteiger charge is 1.95. The lowest BCUT2D eigenvalue weighted by molar-refractivity contribution is 0.586. The molecule has 0 bridgehead atoms. The van der Waals surface area contributed by atoms with Gasteiger partial charge in [0.15, 0.2) is 0 Å². The highest BCUT2D eigenvalue weighted by Crippen LogP contribution is 2.12. The minimum Gasteiger partial charge on any atom is -0.315 e. The Bertz CT molecular complexity index is 225. The molecule has 0 aromatic rings. The highest BCUT2D eigenvalue weighted by molar-refractivity contribution is 7.99. The van der Waals surface area contributed by atoms with Crippen LogP contribution in [0.25, 0.3) is 0 Å². The molecule has 0 aromatic carbocycles. The largest absolute Gasteiger partial charge is 0.315 e. The van der Waals surface area contributed by atoms with Gasteiger partial charge in [0.2, 0.25) is 0 Å². The van der Waals surface area contributed by atoms with Crippen LogP contribution in [-0.2, 0) is 0 Å². The maximum atomic E-state index is 3.61. The predicted molar refractivity (Wildman–Crippen MR) is 133 cm³/mol. The molecule has 0 fully saturated rings. The van der Waals surface area contributed by atoms with Crippen LogP contribution in [0, 0.1) is 0 Å². The molecule has 27 heavy (non-hydrogen) atoms. The Balaban J connectivity index is 2.95. The monoisotopic (exact) mass is 417 g/mol. The van der Waals surface area contributed by atoms with E-state index in [1.54, 1.807) is 0 Å². The zero-order chi connectivity index (χ0) is 19.7. The minimum absolute atomic E-state index is 1.19. The fourth-order valence-corrected chi connectivity index (χ4v) is 5.10. The van der Waals surface area contributed by atoms with Crippen molar-refractivity contribution in [3.63, 3.8) is 0 Å². The van der Waals surface area contributed by atoms with Crippen molar-refractivity contribution in [2.45, 2.75) is 117 Å². The molecule has 0 atom stereocenters. The van der Waals surface area contributed by atoms with Crippen LogP contribution in [0.2, 0.25) is 0 Å². The molecule has 164 valence electrons. The molecule has 0 aliphatic carbocycles. The summed E-state index contributed by atoms with van der Waals surface area (Å²) in [6.07, 6.45) is 23.0. The summed E-state index contributed by atoms with van der Waals surface area (Å²) < 4.78 is 0. The van der Waals surface area contributed by atoms with Gasteiger partial charge in [-0.05, 0) is 24.3 Å². The highest BCUT2D eigenvalue weighted by atomic mass is 32.2. The summed E-state index contributed by atoms with van der Waals surface area (Å²) in [5, 5.41) is 3.61. The van der Waals surface area contributed by atoms with Gasteiger partial charge in [0.05, 0.1) is 0 Å². The van der Waals surface area contributed by atoms with Crippen molar-refractivity contribution in [3.8, 4) is 0 Å². The molecule has 0 saturated carbocycles. The van der Waals surface area contributed by atoms with E-state index in [0.717, 1.165) is 0 Å². The average Bonchev–Trinajstić information content (AvgIpc) is 2.68. The molecular weight excluding hydrogens is 366 g/mol. The summed E-state index contributed by atoms with van der Waals surface area (Å²) in [6, 6.07) is 0. The number of nitrogens with one attached hydrogen (secondary N) is 1. The Morgan fingerprint density at radius 2 is 0.741 bits per heavy atom. The molecule has 0 unspecified atom stereocenters. The summed E-state index contributed by atoms with van der Waals surface area (Å²) in [5.74, 6) is 5.31. The van der Waals surface area contributed by atoms with Crippen molar-refractivity contribution in [2.75, 3.05) is 36.1 Å². The first kappa shape index (κ1) is 27.7. The molecule has 1 N–H and O–H groups in total. The van der Waals surface area contributed by atoms with Gasteiger partial charge in [-0.15, -0.1) is 0 Å². The molecule has 0 rings (SSSR count). The molecule has 0 radical (unpaired) electrons. The van der Waals surface area contributed by atoms with Gasteiger partial charge in [-0.2, -0.15) is 23.5 Å². The first-order valence-electron chi connectivity index (χ1n) is 12.3. The van der Waals surface area contributed by atoms with Crippen LogP contribution >= 0.6 is 23.5 Å². The zero-order valence-electron chi connectivity index (χ0n) is 18.9.